The molecule has 2 bridgehead atoms. The quantitative estimate of drug-likeness (QED) is 0.720. The molecular formula is C23H31F2NO4. The molecule has 1 aromatic carbocycles. The average Bonchev–Trinajstić information content (AvgIpc) is 3.15. The molecule has 5 atom stereocenters. The number of benzene rings is 1. The number of carbonyl (C=O) groups excluding carboxylic acids is 1. The van der Waals surface area contributed by atoms with Crippen molar-refractivity contribution in [2.75, 3.05) is 13.2 Å². The van der Waals surface area contributed by atoms with Crippen LogP contribution in [0.4, 0.5) is 8.78 Å². The molecule has 1 aromatic rings. The van der Waals surface area contributed by atoms with Crippen LogP contribution < -0.4 is 14.8 Å². The minimum atomic E-state index is -2.91. The summed E-state index contributed by atoms with van der Waals surface area (Å²) in [5, 5.41) is 3.27. The molecule has 1 spiro atoms. The van der Waals surface area contributed by atoms with Crippen LogP contribution in [0.2, 0.25) is 0 Å². The first-order chi connectivity index (χ1) is 14.2. The number of nitrogens with one attached hydrogen (secondary N) is 1. The maximum absolute atomic E-state index is 12.8. The first-order valence-corrected chi connectivity index (χ1v) is 10.8. The lowest BCUT2D eigenvalue weighted by atomic mass is 9.59. The maximum atomic E-state index is 12.8. The Kier molecular flexibility index (Phi) is 5.45. The van der Waals surface area contributed by atoms with E-state index in [0.717, 1.165) is 24.8 Å². The van der Waals surface area contributed by atoms with E-state index in [4.69, 9.17) is 9.47 Å². The maximum Gasteiger partial charge on any atom is 0.387 e. The molecule has 3 aliphatic rings. The molecule has 0 radical (unpaired) electrons. The van der Waals surface area contributed by atoms with Crippen molar-refractivity contribution in [2.24, 2.45) is 22.7 Å². The van der Waals surface area contributed by atoms with Crippen molar-refractivity contribution in [3.8, 4) is 11.5 Å². The largest absolute Gasteiger partial charge is 0.490 e. The van der Waals surface area contributed by atoms with Crippen LogP contribution in [0, 0.1) is 22.7 Å². The third-order valence-corrected chi connectivity index (χ3v) is 7.66. The lowest BCUT2D eigenvalue weighted by Gasteiger charge is -2.53. The highest BCUT2D eigenvalue weighted by Gasteiger charge is 2.68. The number of halogens is 2. The zero-order valence-corrected chi connectivity index (χ0v) is 18.0. The minimum absolute atomic E-state index is 0.00363. The van der Waals surface area contributed by atoms with Crippen LogP contribution in [0.3, 0.4) is 0 Å². The van der Waals surface area contributed by atoms with Crippen molar-refractivity contribution in [2.45, 2.75) is 65.7 Å². The molecule has 5 nitrogen and oxygen atoms in total. The van der Waals surface area contributed by atoms with Crippen LogP contribution in [0.25, 0.3) is 0 Å². The molecule has 2 saturated carbocycles. The molecule has 30 heavy (non-hydrogen) atoms. The molecule has 1 amide bonds. The van der Waals surface area contributed by atoms with Crippen molar-refractivity contribution < 1.29 is 27.8 Å². The summed E-state index contributed by atoms with van der Waals surface area (Å²) in [6, 6.07) is 5.22. The number of rotatable bonds is 6. The molecule has 3 fully saturated rings. The molecule has 7 heteroatoms. The fraction of sp³-hybridized carbons (Fsp3) is 0.696. The van der Waals surface area contributed by atoms with E-state index in [0.29, 0.717) is 24.9 Å². The summed E-state index contributed by atoms with van der Waals surface area (Å²) >= 11 is 0. The molecular weight excluding hydrogens is 392 g/mol. The second-order valence-electron chi connectivity index (χ2n) is 9.49. The van der Waals surface area contributed by atoms with Gasteiger partial charge in [-0.05, 0) is 66.5 Å². The normalized spacial score (nSPS) is 34.0. The summed E-state index contributed by atoms with van der Waals surface area (Å²) < 4.78 is 41.9. The lowest BCUT2D eigenvalue weighted by Crippen LogP contribution is -2.58. The van der Waals surface area contributed by atoms with Crippen LogP contribution >= 0.6 is 0 Å². The highest BCUT2D eigenvalue weighted by molar-refractivity contribution is 5.73. The molecule has 0 aromatic heterocycles. The van der Waals surface area contributed by atoms with Crippen LogP contribution in [-0.4, -0.2) is 31.8 Å². The molecule has 2 aliphatic carbocycles. The van der Waals surface area contributed by atoms with Crippen LogP contribution in [-0.2, 0) is 9.53 Å². The van der Waals surface area contributed by atoms with Gasteiger partial charge < -0.3 is 19.5 Å². The molecule has 1 aliphatic heterocycles. The van der Waals surface area contributed by atoms with E-state index < -0.39 is 6.61 Å². The number of carbonyl (C=O) groups is 1. The Hall–Kier alpha value is -1.89. The predicted octanol–water partition coefficient (Wildman–Crippen LogP) is 4.71. The van der Waals surface area contributed by atoms with Crippen molar-refractivity contribution in [3.05, 3.63) is 23.8 Å². The minimum Gasteiger partial charge on any atom is -0.490 e. The fourth-order valence-corrected chi connectivity index (χ4v) is 6.48. The van der Waals surface area contributed by atoms with E-state index in [9.17, 15) is 13.6 Å². The molecule has 1 unspecified atom stereocenters. The van der Waals surface area contributed by atoms with E-state index in [1.165, 1.54) is 0 Å². The van der Waals surface area contributed by atoms with Gasteiger partial charge in [0.1, 0.15) is 0 Å². The van der Waals surface area contributed by atoms with Gasteiger partial charge >= 0.3 is 6.61 Å². The van der Waals surface area contributed by atoms with Crippen LogP contribution in [0.1, 0.15) is 58.6 Å². The predicted molar refractivity (Wildman–Crippen MR) is 108 cm³/mol. The third-order valence-electron chi connectivity index (χ3n) is 7.66. The number of alkyl halides is 2. The Bertz CT molecular complexity index is 814. The number of hydrogen-bond acceptors (Lipinski definition) is 4. The van der Waals surface area contributed by atoms with Gasteiger partial charge in [-0.1, -0.05) is 19.9 Å². The summed E-state index contributed by atoms with van der Waals surface area (Å²) in [4.78, 5) is 12.0. The Morgan fingerprint density at radius 3 is 2.77 bits per heavy atom. The number of fused-ring (bicyclic) bond motifs is 1. The summed E-state index contributed by atoms with van der Waals surface area (Å²) in [5.74, 6) is 1.12. The molecule has 1 N–H and O–H groups in total. The Morgan fingerprint density at radius 2 is 2.10 bits per heavy atom. The van der Waals surface area contributed by atoms with Crippen LogP contribution in [0.15, 0.2) is 18.2 Å². The summed E-state index contributed by atoms with van der Waals surface area (Å²) in [6.45, 7) is 5.97. The zero-order valence-electron chi connectivity index (χ0n) is 18.0. The number of hydrogen-bond donors (Lipinski definition) is 1. The zero-order chi connectivity index (χ0) is 21.7. The first kappa shape index (κ1) is 21.3. The second kappa shape index (κ2) is 7.66. The van der Waals surface area contributed by atoms with Gasteiger partial charge in [-0.15, -0.1) is 0 Å². The van der Waals surface area contributed by atoms with Gasteiger partial charge in [0.25, 0.3) is 0 Å². The smallest absolute Gasteiger partial charge is 0.387 e. The molecule has 1 heterocycles. The molecule has 166 valence electrons. The van der Waals surface area contributed by atoms with Crippen molar-refractivity contribution >= 4 is 5.91 Å². The van der Waals surface area contributed by atoms with E-state index in [-0.39, 0.29) is 40.6 Å². The summed E-state index contributed by atoms with van der Waals surface area (Å²) in [5.41, 5.74) is 0.943. The average molecular weight is 424 g/mol. The first-order valence-electron chi connectivity index (χ1n) is 10.8. The lowest BCUT2D eigenvalue weighted by molar-refractivity contribution is -0.136. The molecule has 1 saturated heterocycles. The van der Waals surface area contributed by atoms with Gasteiger partial charge in [0.2, 0.25) is 5.91 Å². The fourth-order valence-electron chi connectivity index (χ4n) is 6.48. The van der Waals surface area contributed by atoms with Gasteiger partial charge in [-0.3, -0.25) is 4.79 Å². The van der Waals surface area contributed by atoms with Gasteiger partial charge in [-0.2, -0.15) is 8.78 Å². The van der Waals surface area contributed by atoms with Crippen molar-refractivity contribution in [1.29, 1.82) is 0 Å². The van der Waals surface area contributed by atoms with Gasteiger partial charge in [0.15, 0.2) is 11.5 Å². The van der Waals surface area contributed by atoms with Gasteiger partial charge in [-0.25, -0.2) is 0 Å². The Morgan fingerprint density at radius 1 is 1.33 bits per heavy atom. The second-order valence-corrected chi connectivity index (χ2v) is 9.49. The Balaban J connectivity index is 1.67. The van der Waals surface area contributed by atoms with E-state index in [1.807, 2.05) is 0 Å². The standard InChI is InChI=1S/C23H31F2NO4/c1-5-28-18-10-14(6-7-17(18)30-21(24)25)19-16-11-15-12-23(16,8-9-29-19)20(22(15,3)4)26-13(2)27/h6-7,10,15-16,19-21H,5,8-9,11-12H2,1-4H3,(H,26,27)/t15-,16-,19-,20+,23?/m1/s1. The van der Waals surface area contributed by atoms with Crippen molar-refractivity contribution in [3.63, 3.8) is 0 Å². The van der Waals surface area contributed by atoms with E-state index >= 15 is 0 Å². The van der Waals surface area contributed by atoms with E-state index in [1.54, 1.807) is 32.0 Å². The Labute approximate surface area is 176 Å². The van der Waals surface area contributed by atoms with E-state index in [2.05, 4.69) is 23.9 Å². The van der Waals surface area contributed by atoms with Crippen LogP contribution in [0.5, 0.6) is 11.5 Å². The number of ether oxygens (including phenoxy) is 3. The van der Waals surface area contributed by atoms with Gasteiger partial charge in [0, 0.05) is 19.6 Å². The van der Waals surface area contributed by atoms with Crippen molar-refractivity contribution in [1.82, 2.24) is 5.32 Å². The SMILES string of the molecule is CCOc1cc([C@H]2OCCC34C[C@@H](C[C@H]23)C(C)(C)[C@@H]4NC(C)=O)ccc1OC(F)F. The summed E-state index contributed by atoms with van der Waals surface area (Å²) in [7, 11) is 0. The highest BCUT2D eigenvalue weighted by atomic mass is 19.3. The highest BCUT2D eigenvalue weighted by Crippen LogP contribution is 2.70. The third kappa shape index (κ3) is 3.35. The molecule has 4 rings (SSSR count). The summed E-state index contributed by atoms with van der Waals surface area (Å²) in [6.07, 6.45) is 2.88. The topological polar surface area (TPSA) is 56.8 Å². The monoisotopic (exact) mass is 423 g/mol. The number of amides is 1. The van der Waals surface area contributed by atoms with Gasteiger partial charge in [0.05, 0.1) is 12.7 Å².